The van der Waals surface area contributed by atoms with Crippen LogP contribution in [0.25, 0.3) is 5.65 Å². The average molecular weight is 247 g/mol. The summed E-state index contributed by atoms with van der Waals surface area (Å²) >= 11 is 0. The molecule has 0 bridgehead atoms. The monoisotopic (exact) mass is 247 g/mol. The molecule has 0 aromatic carbocycles. The summed E-state index contributed by atoms with van der Waals surface area (Å²) in [7, 11) is 0. The fourth-order valence-electron chi connectivity index (χ4n) is 1.59. The Morgan fingerprint density at radius 2 is 2.17 bits per heavy atom. The first-order valence-electron chi connectivity index (χ1n) is 5.47. The molecule has 0 aliphatic heterocycles. The number of aryl methyl sites for hydroxylation is 1. The van der Waals surface area contributed by atoms with Gasteiger partial charge in [-0.25, -0.2) is 4.98 Å². The fourth-order valence-corrected chi connectivity index (χ4v) is 1.59. The molecule has 0 saturated heterocycles. The number of hydrogen-bond acceptors (Lipinski definition) is 3. The second-order valence-corrected chi connectivity index (χ2v) is 4.05. The van der Waals surface area contributed by atoms with E-state index in [1.165, 1.54) is 6.92 Å². The molecule has 2 aromatic rings. The standard InChI is InChI=1S/C12H13N3O3/c1-7-4-3-5-10-14-9(6-15(7)10)11(16)13-8(2)12(17)18/h3-6,8H,1-2H3,(H,13,16)(H,17,18)/t8-/m1/s1. The van der Waals surface area contributed by atoms with Crippen LogP contribution < -0.4 is 5.32 Å². The number of aromatic nitrogens is 2. The lowest BCUT2D eigenvalue weighted by atomic mass is 10.3. The summed E-state index contributed by atoms with van der Waals surface area (Å²) in [5.74, 6) is -1.57. The first-order chi connectivity index (χ1) is 8.49. The van der Waals surface area contributed by atoms with Crippen LogP contribution in [0.15, 0.2) is 24.4 Å². The topological polar surface area (TPSA) is 83.7 Å². The van der Waals surface area contributed by atoms with Crippen LogP contribution in [0, 0.1) is 6.92 Å². The molecule has 18 heavy (non-hydrogen) atoms. The molecule has 0 fully saturated rings. The number of pyridine rings is 1. The number of carboxylic acids is 1. The van der Waals surface area contributed by atoms with E-state index in [1.54, 1.807) is 16.7 Å². The van der Waals surface area contributed by atoms with Gasteiger partial charge in [-0.3, -0.25) is 9.59 Å². The van der Waals surface area contributed by atoms with Crippen molar-refractivity contribution in [2.24, 2.45) is 0 Å². The number of nitrogens with zero attached hydrogens (tertiary/aromatic N) is 2. The summed E-state index contributed by atoms with van der Waals surface area (Å²) in [5.41, 5.74) is 1.81. The minimum atomic E-state index is -1.08. The van der Waals surface area contributed by atoms with Crippen LogP contribution in [0.1, 0.15) is 23.1 Å². The zero-order valence-electron chi connectivity index (χ0n) is 10.0. The summed E-state index contributed by atoms with van der Waals surface area (Å²) in [4.78, 5) is 26.6. The summed E-state index contributed by atoms with van der Waals surface area (Å²) < 4.78 is 1.78. The lowest BCUT2D eigenvalue weighted by Gasteiger charge is -2.06. The SMILES string of the molecule is Cc1cccc2nc(C(=O)N[C@H](C)C(=O)O)cn12. The number of imidazole rings is 1. The van der Waals surface area contributed by atoms with Crippen molar-refractivity contribution in [1.82, 2.24) is 14.7 Å². The molecule has 6 heteroatoms. The Hall–Kier alpha value is -2.37. The number of carbonyl (C=O) groups excluding carboxylic acids is 1. The summed E-state index contributed by atoms with van der Waals surface area (Å²) in [6.45, 7) is 3.30. The lowest BCUT2D eigenvalue weighted by Crippen LogP contribution is -2.38. The van der Waals surface area contributed by atoms with Gasteiger partial charge in [0.05, 0.1) is 0 Å². The van der Waals surface area contributed by atoms with Crippen molar-refractivity contribution in [3.05, 3.63) is 35.8 Å². The molecule has 2 heterocycles. The highest BCUT2D eigenvalue weighted by atomic mass is 16.4. The Morgan fingerprint density at radius 3 is 2.78 bits per heavy atom. The van der Waals surface area contributed by atoms with Crippen molar-refractivity contribution in [1.29, 1.82) is 0 Å². The van der Waals surface area contributed by atoms with E-state index in [0.717, 1.165) is 5.69 Å². The van der Waals surface area contributed by atoms with Gasteiger partial charge in [-0.1, -0.05) is 6.07 Å². The number of carboxylic acid groups (broad SMARTS) is 1. The largest absolute Gasteiger partial charge is 0.480 e. The molecular formula is C12H13N3O3. The first-order valence-corrected chi connectivity index (χ1v) is 5.47. The number of amides is 1. The van der Waals surface area contributed by atoms with Crippen LogP contribution in [0.3, 0.4) is 0 Å². The van der Waals surface area contributed by atoms with Gasteiger partial charge >= 0.3 is 5.97 Å². The normalized spacial score (nSPS) is 12.3. The molecule has 0 radical (unpaired) electrons. The maximum atomic E-state index is 11.8. The number of fused-ring (bicyclic) bond motifs is 1. The smallest absolute Gasteiger partial charge is 0.325 e. The van der Waals surface area contributed by atoms with Crippen molar-refractivity contribution >= 4 is 17.5 Å². The van der Waals surface area contributed by atoms with Gasteiger partial charge in [-0.05, 0) is 26.0 Å². The van der Waals surface area contributed by atoms with Crippen LogP contribution >= 0.6 is 0 Å². The van der Waals surface area contributed by atoms with Gasteiger partial charge in [0.1, 0.15) is 17.4 Å². The molecule has 0 aliphatic rings. The Labute approximate surface area is 103 Å². The minimum Gasteiger partial charge on any atom is -0.480 e. The molecule has 1 amide bonds. The highest BCUT2D eigenvalue weighted by molar-refractivity contribution is 5.95. The Bertz CT molecular complexity index is 618. The van der Waals surface area contributed by atoms with Gasteiger partial charge in [0.25, 0.3) is 5.91 Å². The van der Waals surface area contributed by atoms with Crippen molar-refractivity contribution in [3.63, 3.8) is 0 Å². The number of hydrogen-bond donors (Lipinski definition) is 2. The van der Waals surface area contributed by atoms with Gasteiger partial charge in [-0.2, -0.15) is 0 Å². The van der Waals surface area contributed by atoms with E-state index >= 15 is 0 Å². The van der Waals surface area contributed by atoms with Crippen LogP contribution in [0.2, 0.25) is 0 Å². The van der Waals surface area contributed by atoms with E-state index in [-0.39, 0.29) is 5.69 Å². The zero-order chi connectivity index (χ0) is 13.3. The maximum absolute atomic E-state index is 11.8. The van der Waals surface area contributed by atoms with Gasteiger partial charge in [0.15, 0.2) is 0 Å². The van der Waals surface area contributed by atoms with Crippen LogP contribution in [-0.4, -0.2) is 32.4 Å². The molecule has 0 saturated carbocycles. The molecule has 0 aliphatic carbocycles. The average Bonchev–Trinajstić information content (AvgIpc) is 2.74. The second kappa shape index (κ2) is 4.48. The molecule has 0 unspecified atom stereocenters. The number of nitrogens with one attached hydrogen (secondary N) is 1. The summed E-state index contributed by atoms with van der Waals surface area (Å²) in [6, 6.07) is 4.59. The zero-order valence-corrected chi connectivity index (χ0v) is 10.0. The summed E-state index contributed by atoms with van der Waals surface area (Å²) in [6.07, 6.45) is 1.59. The molecule has 2 rings (SSSR count). The Morgan fingerprint density at radius 1 is 1.44 bits per heavy atom. The van der Waals surface area contributed by atoms with Crippen molar-refractivity contribution in [2.75, 3.05) is 0 Å². The predicted octanol–water partition coefficient (Wildman–Crippen LogP) is 0.846. The number of rotatable bonds is 3. The van der Waals surface area contributed by atoms with E-state index in [4.69, 9.17) is 5.11 Å². The highest BCUT2D eigenvalue weighted by Crippen LogP contribution is 2.08. The highest BCUT2D eigenvalue weighted by Gasteiger charge is 2.17. The molecule has 2 aromatic heterocycles. The number of carbonyl (C=O) groups is 2. The van der Waals surface area contributed by atoms with Crippen LogP contribution in [-0.2, 0) is 4.79 Å². The van der Waals surface area contributed by atoms with E-state index in [1.807, 2.05) is 19.1 Å². The van der Waals surface area contributed by atoms with E-state index in [9.17, 15) is 9.59 Å². The van der Waals surface area contributed by atoms with Crippen molar-refractivity contribution < 1.29 is 14.7 Å². The molecule has 0 spiro atoms. The minimum absolute atomic E-state index is 0.206. The van der Waals surface area contributed by atoms with Crippen LogP contribution in [0.5, 0.6) is 0 Å². The fraction of sp³-hybridized carbons (Fsp3) is 0.250. The van der Waals surface area contributed by atoms with Gasteiger partial charge < -0.3 is 14.8 Å². The van der Waals surface area contributed by atoms with Gasteiger partial charge in [-0.15, -0.1) is 0 Å². The van der Waals surface area contributed by atoms with Crippen LogP contribution in [0.4, 0.5) is 0 Å². The maximum Gasteiger partial charge on any atom is 0.325 e. The first kappa shape index (κ1) is 12.1. The molecule has 2 N–H and O–H groups in total. The molecule has 94 valence electrons. The van der Waals surface area contributed by atoms with Crippen molar-refractivity contribution in [3.8, 4) is 0 Å². The second-order valence-electron chi connectivity index (χ2n) is 4.05. The third-order valence-corrected chi connectivity index (χ3v) is 2.65. The lowest BCUT2D eigenvalue weighted by molar-refractivity contribution is -0.138. The predicted molar refractivity (Wildman–Crippen MR) is 64.5 cm³/mol. The van der Waals surface area contributed by atoms with E-state index < -0.39 is 17.9 Å². The Kier molecular flexibility index (Phi) is 3.01. The molecular weight excluding hydrogens is 234 g/mol. The number of aliphatic carboxylic acids is 1. The molecule has 6 nitrogen and oxygen atoms in total. The summed E-state index contributed by atoms with van der Waals surface area (Å²) in [5, 5.41) is 11.1. The quantitative estimate of drug-likeness (QED) is 0.842. The van der Waals surface area contributed by atoms with E-state index in [0.29, 0.717) is 5.65 Å². The molecule has 1 atom stereocenters. The third-order valence-electron chi connectivity index (χ3n) is 2.65. The third kappa shape index (κ3) is 2.17. The van der Waals surface area contributed by atoms with E-state index in [2.05, 4.69) is 10.3 Å². The van der Waals surface area contributed by atoms with Crippen molar-refractivity contribution in [2.45, 2.75) is 19.9 Å². The van der Waals surface area contributed by atoms with Gasteiger partial charge in [0, 0.05) is 11.9 Å². The van der Waals surface area contributed by atoms with Gasteiger partial charge in [0.2, 0.25) is 0 Å². The Balaban J connectivity index is 2.29.